The maximum absolute atomic E-state index is 10.2. The summed E-state index contributed by atoms with van der Waals surface area (Å²) >= 11 is 0. The number of carbonyl (C=O) groups excluding carboxylic acids is 1. The van der Waals surface area contributed by atoms with Gasteiger partial charge in [-0.15, -0.1) is 0 Å². The summed E-state index contributed by atoms with van der Waals surface area (Å²) < 4.78 is 4.58. The Morgan fingerprint density at radius 2 is 1.86 bits per heavy atom. The second-order valence-corrected chi connectivity index (χ2v) is 1.32. The van der Waals surface area contributed by atoms with Crippen LogP contribution in [0.15, 0.2) is 0 Å². The highest BCUT2D eigenvalue weighted by molar-refractivity contribution is 5.87. The van der Waals surface area contributed by atoms with Gasteiger partial charge in [-0.2, -0.15) is 0 Å². The Bertz CT molecular complexity index is 68.5. The summed E-state index contributed by atoms with van der Waals surface area (Å²) in [4.78, 5) is 10.2. The molecule has 0 aliphatic carbocycles. The predicted octanol–water partition coefficient (Wildman–Crippen LogP) is 0.774. The Hall–Kier alpha value is -0.370. The number of ketones is 1. The lowest BCUT2D eigenvalue weighted by Gasteiger charge is -1.98. The van der Waals surface area contributed by atoms with Crippen LogP contribution in [0.4, 0.5) is 0 Å². The van der Waals surface area contributed by atoms with E-state index in [0.717, 1.165) is 0 Å². The molecule has 0 fully saturated rings. The van der Waals surface area contributed by atoms with Crippen molar-refractivity contribution in [1.82, 2.24) is 0 Å². The minimum atomic E-state index is -0.0116. The van der Waals surface area contributed by atoms with Gasteiger partial charge in [-0.3, -0.25) is 4.79 Å². The molecule has 2 heteroatoms. The molecule has 0 saturated heterocycles. The fraction of sp³-hybridized carbons (Fsp3) is 0.600. The van der Waals surface area contributed by atoms with Gasteiger partial charge in [0.2, 0.25) is 0 Å². The number of carbonyl (C=O) groups is 1. The van der Waals surface area contributed by atoms with E-state index in [1.165, 1.54) is 14.0 Å². The van der Waals surface area contributed by atoms with E-state index >= 15 is 0 Å². The third-order valence-electron chi connectivity index (χ3n) is 0.802. The van der Waals surface area contributed by atoms with Gasteiger partial charge in [0, 0.05) is 7.11 Å². The smallest absolute Gasteiger partial charge is 0.164 e. The molecule has 0 aromatic carbocycles. The van der Waals surface area contributed by atoms with Crippen LogP contribution in [0.2, 0.25) is 0 Å². The molecule has 0 bridgehead atoms. The molecule has 0 saturated carbocycles. The van der Waals surface area contributed by atoms with Crippen molar-refractivity contribution < 1.29 is 9.53 Å². The highest BCUT2D eigenvalue weighted by Gasteiger charge is 2.03. The molecule has 0 aromatic rings. The van der Waals surface area contributed by atoms with Crippen LogP contribution < -0.4 is 0 Å². The van der Waals surface area contributed by atoms with Crippen molar-refractivity contribution >= 4 is 5.78 Å². The molecule has 0 heterocycles. The lowest BCUT2D eigenvalue weighted by molar-refractivity contribution is -0.119. The summed E-state index contributed by atoms with van der Waals surface area (Å²) in [6, 6.07) is 0. The molecule has 0 aliphatic rings. The first-order chi connectivity index (χ1) is 3.18. The van der Waals surface area contributed by atoms with Gasteiger partial charge >= 0.3 is 0 Å². The van der Waals surface area contributed by atoms with E-state index in [9.17, 15) is 4.79 Å². The summed E-state index contributed by atoms with van der Waals surface area (Å²) in [5.74, 6) is -0.0116. The Labute approximate surface area is 43.5 Å². The average Bonchev–Trinajstić information content (AvgIpc) is 1.65. The Morgan fingerprint density at radius 1 is 1.43 bits per heavy atom. The number of ether oxygens (including phenoxy) is 1. The predicted molar refractivity (Wildman–Crippen MR) is 26.6 cm³/mol. The summed E-state index contributed by atoms with van der Waals surface area (Å²) in [5.41, 5.74) is 0. The maximum atomic E-state index is 10.2. The van der Waals surface area contributed by atoms with Gasteiger partial charge < -0.3 is 4.74 Å². The molecular formula is C5H9O2. The first-order valence-electron chi connectivity index (χ1n) is 2.07. The van der Waals surface area contributed by atoms with Crippen molar-refractivity contribution in [2.24, 2.45) is 0 Å². The van der Waals surface area contributed by atoms with Crippen LogP contribution in [-0.2, 0) is 9.53 Å². The molecule has 2 nitrogen and oxygen atoms in total. The Kier molecular flexibility index (Phi) is 2.60. The summed E-state index contributed by atoms with van der Waals surface area (Å²) in [5, 5.41) is 0. The second-order valence-electron chi connectivity index (χ2n) is 1.32. The standard InChI is InChI=1S/C5H9O2/c1-4(6)5(2)7-3/h1-3H3. The van der Waals surface area contributed by atoms with Gasteiger partial charge in [0.25, 0.3) is 0 Å². The first kappa shape index (κ1) is 6.63. The molecule has 0 spiro atoms. The van der Waals surface area contributed by atoms with Crippen LogP contribution >= 0.6 is 0 Å². The zero-order valence-corrected chi connectivity index (χ0v) is 4.82. The number of hydrogen-bond acceptors (Lipinski definition) is 2. The van der Waals surface area contributed by atoms with Crippen molar-refractivity contribution in [3.05, 3.63) is 6.10 Å². The van der Waals surface area contributed by atoms with Gasteiger partial charge in [0.05, 0.1) is 0 Å². The molecule has 7 heavy (non-hydrogen) atoms. The Balaban J connectivity index is 3.34. The second kappa shape index (κ2) is 2.75. The van der Waals surface area contributed by atoms with Crippen molar-refractivity contribution in [2.45, 2.75) is 13.8 Å². The van der Waals surface area contributed by atoms with Gasteiger partial charge in [-0.1, -0.05) is 0 Å². The normalized spacial score (nSPS) is 9.71. The largest absolute Gasteiger partial charge is 0.367 e. The quantitative estimate of drug-likeness (QED) is 0.513. The fourth-order valence-electron chi connectivity index (χ4n) is 0.144. The molecule has 0 aliphatic heterocycles. The molecule has 1 radical (unpaired) electrons. The van der Waals surface area contributed by atoms with Crippen LogP contribution in [-0.4, -0.2) is 12.9 Å². The summed E-state index contributed by atoms with van der Waals surface area (Å²) in [7, 11) is 1.48. The number of methoxy groups -OCH3 is 1. The van der Waals surface area contributed by atoms with Crippen LogP contribution in [0, 0.1) is 6.10 Å². The van der Waals surface area contributed by atoms with Crippen LogP contribution in [0.3, 0.4) is 0 Å². The molecular weight excluding hydrogens is 92.1 g/mol. The number of hydrogen-bond donors (Lipinski definition) is 0. The van der Waals surface area contributed by atoms with Crippen LogP contribution in [0.25, 0.3) is 0 Å². The van der Waals surface area contributed by atoms with Crippen molar-refractivity contribution in [3.8, 4) is 0 Å². The average molecular weight is 101 g/mol. The van der Waals surface area contributed by atoms with Gasteiger partial charge in [-0.25, -0.2) is 0 Å². The monoisotopic (exact) mass is 101 g/mol. The van der Waals surface area contributed by atoms with Crippen LogP contribution in [0.1, 0.15) is 13.8 Å². The van der Waals surface area contributed by atoms with Gasteiger partial charge in [0.1, 0.15) is 0 Å². The van der Waals surface area contributed by atoms with Crippen molar-refractivity contribution in [1.29, 1.82) is 0 Å². The Morgan fingerprint density at radius 3 is 1.86 bits per heavy atom. The lowest BCUT2D eigenvalue weighted by atomic mass is 10.3. The van der Waals surface area contributed by atoms with Crippen molar-refractivity contribution in [2.75, 3.05) is 7.11 Å². The molecule has 41 valence electrons. The maximum Gasteiger partial charge on any atom is 0.164 e. The topological polar surface area (TPSA) is 26.3 Å². The molecule has 0 unspecified atom stereocenters. The summed E-state index contributed by atoms with van der Waals surface area (Å²) in [6.45, 7) is 3.11. The first-order valence-corrected chi connectivity index (χ1v) is 2.07. The van der Waals surface area contributed by atoms with E-state index in [1.54, 1.807) is 6.92 Å². The number of Topliss-reactive ketones (excluding diaryl/α,β-unsaturated/α-hetero) is 1. The van der Waals surface area contributed by atoms with E-state index in [1.807, 2.05) is 0 Å². The van der Waals surface area contributed by atoms with Gasteiger partial charge in [-0.05, 0) is 13.8 Å². The zero-order valence-electron chi connectivity index (χ0n) is 4.82. The molecule has 0 aromatic heterocycles. The molecule has 0 amide bonds. The van der Waals surface area contributed by atoms with E-state index in [-0.39, 0.29) is 5.78 Å². The number of rotatable bonds is 2. The van der Waals surface area contributed by atoms with Gasteiger partial charge in [0.15, 0.2) is 11.9 Å². The third kappa shape index (κ3) is 2.34. The van der Waals surface area contributed by atoms with Crippen molar-refractivity contribution in [3.63, 3.8) is 0 Å². The van der Waals surface area contributed by atoms with E-state index < -0.39 is 0 Å². The minimum Gasteiger partial charge on any atom is -0.367 e. The highest BCUT2D eigenvalue weighted by atomic mass is 16.5. The van der Waals surface area contributed by atoms with E-state index in [2.05, 4.69) is 4.74 Å². The minimum absolute atomic E-state index is 0.0116. The molecule has 0 atom stereocenters. The lowest BCUT2D eigenvalue weighted by Crippen LogP contribution is -2.04. The summed E-state index contributed by atoms with van der Waals surface area (Å²) in [6.07, 6.45) is 0.458. The molecule has 0 N–H and O–H groups in total. The fourth-order valence-corrected chi connectivity index (χ4v) is 0.144. The van der Waals surface area contributed by atoms with E-state index in [4.69, 9.17) is 0 Å². The van der Waals surface area contributed by atoms with E-state index in [0.29, 0.717) is 6.10 Å². The molecule has 0 rings (SSSR count). The highest BCUT2D eigenvalue weighted by Crippen LogP contribution is 1.96. The third-order valence-corrected chi connectivity index (χ3v) is 0.802. The SMILES string of the molecule is CO[C](C)C(C)=O. The van der Waals surface area contributed by atoms with Crippen LogP contribution in [0.5, 0.6) is 0 Å². The zero-order chi connectivity index (χ0) is 5.86.